The number of rotatable bonds is 6. The van der Waals surface area contributed by atoms with Crippen LogP contribution in [0.15, 0.2) is 36.4 Å². The first-order valence-corrected chi connectivity index (χ1v) is 11.5. The quantitative estimate of drug-likeness (QED) is 0.657. The molecule has 6 heteroatoms. The first kappa shape index (κ1) is 22.9. The van der Waals surface area contributed by atoms with Crippen LogP contribution in [0, 0.1) is 25.5 Å². The van der Waals surface area contributed by atoms with Gasteiger partial charge in [-0.25, -0.2) is 8.78 Å². The summed E-state index contributed by atoms with van der Waals surface area (Å²) in [6.45, 7) is 7.68. The molecule has 4 nitrogen and oxygen atoms in total. The Labute approximate surface area is 189 Å². The van der Waals surface area contributed by atoms with Crippen molar-refractivity contribution < 1.29 is 18.3 Å². The van der Waals surface area contributed by atoms with E-state index in [1.54, 1.807) is 0 Å². The highest BCUT2D eigenvalue weighted by molar-refractivity contribution is 5.78. The van der Waals surface area contributed by atoms with Gasteiger partial charge in [0.2, 0.25) is 5.91 Å². The number of hydrogen-bond acceptors (Lipinski definition) is 3. The molecule has 0 spiro atoms. The van der Waals surface area contributed by atoms with E-state index in [0.29, 0.717) is 32.7 Å². The number of carbonyl (C=O) groups is 1. The van der Waals surface area contributed by atoms with Gasteiger partial charge in [-0.1, -0.05) is 12.1 Å². The average molecular weight is 443 g/mol. The molecule has 0 aliphatic carbocycles. The SMILES string of the molecule is Cc1cc(F)cc(COC2CCN(C(=O)CN3CCCC3)CC2c2ccc(F)cc2C)c1. The lowest BCUT2D eigenvalue weighted by molar-refractivity contribution is -0.135. The average Bonchev–Trinajstić information content (AvgIpc) is 3.25. The number of benzene rings is 2. The number of nitrogens with zero attached hydrogens (tertiary/aromatic N) is 2. The third-order valence-corrected chi connectivity index (χ3v) is 6.66. The van der Waals surface area contributed by atoms with Crippen molar-refractivity contribution in [3.8, 4) is 0 Å². The number of hydrogen-bond donors (Lipinski definition) is 0. The van der Waals surface area contributed by atoms with E-state index >= 15 is 0 Å². The minimum Gasteiger partial charge on any atom is -0.373 e. The number of likely N-dealkylation sites (tertiary alicyclic amines) is 2. The fourth-order valence-electron chi connectivity index (χ4n) is 5.04. The zero-order valence-electron chi connectivity index (χ0n) is 18.9. The van der Waals surface area contributed by atoms with Gasteiger partial charge in [-0.3, -0.25) is 9.69 Å². The number of halogens is 2. The van der Waals surface area contributed by atoms with Crippen molar-refractivity contribution in [3.63, 3.8) is 0 Å². The van der Waals surface area contributed by atoms with Gasteiger partial charge in [-0.15, -0.1) is 0 Å². The van der Waals surface area contributed by atoms with Crippen molar-refractivity contribution in [2.75, 3.05) is 32.7 Å². The number of piperidine rings is 1. The van der Waals surface area contributed by atoms with Crippen LogP contribution in [0.25, 0.3) is 0 Å². The van der Waals surface area contributed by atoms with Crippen LogP contribution in [0.1, 0.15) is 47.4 Å². The Morgan fingerprint density at radius 2 is 1.81 bits per heavy atom. The van der Waals surface area contributed by atoms with E-state index in [1.165, 1.54) is 24.3 Å². The van der Waals surface area contributed by atoms with E-state index in [9.17, 15) is 13.6 Å². The van der Waals surface area contributed by atoms with E-state index < -0.39 is 0 Å². The Morgan fingerprint density at radius 1 is 1.03 bits per heavy atom. The number of amides is 1. The van der Waals surface area contributed by atoms with Crippen LogP contribution in [0.5, 0.6) is 0 Å². The van der Waals surface area contributed by atoms with Gasteiger partial charge < -0.3 is 9.64 Å². The molecular weight excluding hydrogens is 410 g/mol. The highest BCUT2D eigenvalue weighted by atomic mass is 19.1. The molecular formula is C26H32F2N2O2. The molecule has 32 heavy (non-hydrogen) atoms. The monoisotopic (exact) mass is 442 g/mol. The number of aryl methyl sites for hydroxylation is 2. The zero-order chi connectivity index (χ0) is 22.7. The highest BCUT2D eigenvalue weighted by Gasteiger charge is 2.34. The van der Waals surface area contributed by atoms with Crippen molar-refractivity contribution >= 4 is 5.91 Å². The van der Waals surface area contributed by atoms with Crippen LogP contribution in [0.2, 0.25) is 0 Å². The Balaban J connectivity index is 1.50. The second-order valence-corrected chi connectivity index (χ2v) is 9.21. The van der Waals surface area contributed by atoms with E-state index in [-0.39, 0.29) is 29.6 Å². The van der Waals surface area contributed by atoms with Crippen LogP contribution >= 0.6 is 0 Å². The van der Waals surface area contributed by atoms with Crippen LogP contribution < -0.4 is 0 Å². The van der Waals surface area contributed by atoms with E-state index in [0.717, 1.165) is 48.2 Å². The van der Waals surface area contributed by atoms with Crippen LogP contribution in [-0.2, 0) is 16.1 Å². The molecule has 2 heterocycles. The Morgan fingerprint density at radius 3 is 2.53 bits per heavy atom. The predicted octanol–water partition coefficient (Wildman–Crippen LogP) is 4.58. The summed E-state index contributed by atoms with van der Waals surface area (Å²) in [5.74, 6) is -0.439. The maximum atomic E-state index is 13.8. The van der Waals surface area contributed by atoms with Crippen molar-refractivity contribution in [2.24, 2.45) is 0 Å². The molecule has 0 radical (unpaired) electrons. The minimum absolute atomic E-state index is 0.0541. The molecule has 2 saturated heterocycles. The molecule has 172 valence electrons. The van der Waals surface area contributed by atoms with E-state index in [2.05, 4.69) is 4.90 Å². The number of ether oxygens (including phenoxy) is 1. The van der Waals surface area contributed by atoms with Crippen LogP contribution in [0.3, 0.4) is 0 Å². The largest absolute Gasteiger partial charge is 0.373 e. The normalized spacial score (nSPS) is 21.8. The molecule has 0 aromatic heterocycles. The number of carbonyl (C=O) groups excluding carboxylic acids is 1. The molecule has 0 bridgehead atoms. The van der Waals surface area contributed by atoms with Gasteiger partial charge in [0.05, 0.1) is 19.3 Å². The lowest BCUT2D eigenvalue weighted by Crippen LogP contribution is -2.48. The van der Waals surface area contributed by atoms with Crippen molar-refractivity contribution in [2.45, 2.75) is 51.7 Å². The molecule has 2 aromatic carbocycles. The summed E-state index contributed by atoms with van der Waals surface area (Å²) in [5, 5.41) is 0. The van der Waals surface area contributed by atoms with Crippen LogP contribution in [0.4, 0.5) is 8.78 Å². The summed E-state index contributed by atoms with van der Waals surface area (Å²) < 4.78 is 33.8. The molecule has 0 N–H and O–H groups in total. The van der Waals surface area contributed by atoms with E-state index in [1.807, 2.05) is 30.9 Å². The summed E-state index contributed by atoms with van der Waals surface area (Å²) >= 11 is 0. The molecule has 4 rings (SSSR count). The Kier molecular flexibility index (Phi) is 7.21. The van der Waals surface area contributed by atoms with Crippen molar-refractivity contribution in [1.82, 2.24) is 9.80 Å². The molecule has 2 aliphatic rings. The van der Waals surface area contributed by atoms with Gasteiger partial charge in [0, 0.05) is 19.0 Å². The molecule has 2 aliphatic heterocycles. The van der Waals surface area contributed by atoms with Crippen LogP contribution in [-0.4, -0.2) is 54.5 Å². The third-order valence-electron chi connectivity index (χ3n) is 6.66. The van der Waals surface area contributed by atoms with Gasteiger partial charge in [0.1, 0.15) is 11.6 Å². The zero-order valence-corrected chi connectivity index (χ0v) is 18.9. The van der Waals surface area contributed by atoms with Gasteiger partial charge >= 0.3 is 0 Å². The first-order chi connectivity index (χ1) is 15.4. The maximum absolute atomic E-state index is 13.8. The predicted molar refractivity (Wildman–Crippen MR) is 120 cm³/mol. The van der Waals surface area contributed by atoms with Gasteiger partial charge in [-0.2, -0.15) is 0 Å². The molecule has 2 atom stereocenters. The molecule has 1 amide bonds. The Bertz CT molecular complexity index is 939. The lowest BCUT2D eigenvalue weighted by atomic mass is 9.85. The van der Waals surface area contributed by atoms with Gasteiger partial charge in [0.15, 0.2) is 0 Å². The lowest BCUT2D eigenvalue weighted by Gasteiger charge is -2.40. The summed E-state index contributed by atoms with van der Waals surface area (Å²) in [4.78, 5) is 17.1. The first-order valence-electron chi connectivity index (χ1n) is 11.5. The van der Waals surface area contributed by atoms with Gasteiger partial charge in [-0.05, 0) is 92.7 Å². The Hall–Kier alpha value is -2.31. The third kappa shape index (κ3) is 5.54. The maximum Gasteiger partial charge on any atom is 0.236 e. The second-order valence-electron chi connectivity index (χ2n) is 9.21. The standard InChI is InChI=1S/C26H32F2N2O2/c1-18-11-20(14-22(28)12-18)17-32-25-7-10-30(26(31)16-29-8-3-4-9-29)15-24(25)23-6-5-21(27)13-19(23)2/h5-6,11-14,24-25H,3-4,7-10,15-17H2,1-2H3. The molecule has 2 aromatic rings. The summed E-state index contributed by atoms with van der Waals surface area (Å²) in [6, 6.07) is 9.74. The van der Waals surface area contributed by atoms with Gasteiger partial charge in [0.25, 0.3) is 0 Å². The molecule has 0 saturated carbocycles. The topological polar surface area (TPSA) is 32.8 Å². The van der Waals surface area contributed by atoms with Crippen molar-refractivity contribution in [3.05, 3.63) is 70.3 Å². The van der Waals surface area contributed by atoms with E-state index in [4.69, 9.17) is 4.74 Å². The fraction of sp³-hybridized carbons (Fsp3) is 0.500. The second kappa shape index (κ2) is 10.1. The summed E-state index contributed by atoms with van der Waals surface area (Å²) in [5.41, 5.74) is 3.52. The molecule has 2 fully saturated rings. The summed E-state index contributed by atoms with van der Waals surface area (Å²) in [7, 11) is 0. The summed E-state index contributed by atoms with van der Waals surface area (Å²) in [6.07, 6.45) is 2.88. The molecule has 2 unspecified atom stereocenters. The fourth-order valence-corrected chi connectivity index (χ4v) is 5.04. The minimum atomic E-state index is -0.267. The van der Waals surface area contributed by atoms with Crippen molar-refractivity contribution in [1.29, 1.82) is 0 Å². The smallest absolute Gasteiger partial charge is 0.236 e. The highest BCUT2D eigenvalue weighted by Crippen LogP contribution is 2.33.